The maximum absolute atomic E-state index is 12.9. The summed E-state index contributed by atoms with van der Waals surface area (Å²) in [6.45, 7) is 10.8. The fraction of sp³-hybridized carbons (Fsp3) is 0.433. The number of hydrogen-bond donors (Lipinski definition) is 2. The lowest BCUT2D eigenvalue weighted by atomic mass is 9.75. The molecule has 2 aromatic carbocycles. The molecule has 40 heavy (non-hydrogen) atoms. The number of nitrogens with zero attached hydrogens (tertiary/aromatic N) is 3. The summed E-state index contributed by atoms with van der Waals surface area (Å²) in [5.74, 6) is 0.591. The van der Waals surface area contributed by atoms with Crippen molar-refractivity contribution >= 4 is 27.6 Å². The molecule has 10 heteroatoms. The Labute approximate surface area is 239 Å². The fourth-order valence-electron chi connectivity index (χ4n) is 5.40. The molecule has 0 saturated carbocycles. The van der Waals surface area contributed by atoms with Gasteiger partial charge in [0.25, 0.3) is 19.3 Å². The predicted octanol–water partition coefficient (Wildman–Crippen LogP) is 4.47. The number of nitrogens with two attached hydrogens (primary N) is 1. The normalized spacial score (nSPS) is 15.3. The zero-order valence-electron chi connectivity index (χ0n) is 24.5. The fourth-order valence-corrected chi connectivity index (χ4v) is 6.21. The molecule has 3 aromatic rings. The van der Waals surface area contributed by atoms with Crippen molar-refractivity contribution in [2.24, 2.45) is 12.8 Å². The molecule has 2 atom stereocenters. The van der Waals surface area contributed by atoms with Gasteiger partial charge >= 0.3 is 0 Å². The van der Waals surface area contributed by atoms with Crippen LogP contribution in [0, 0.1) is 0 Å². The number of aryl methyl sites for hydroxylation is 1. The zero-order chi connectivity index (χ0) is 29.2. The van der Waals surface area contributed by atoms with E-state index in [4.69, 9.17) is 15.4 Å². The van der Waals surface area contributed by atoms with Crippen LogP contribution in [0.2, 0.25) is 23.9 Å². The molecule has 8 nitrogen and oxygen atoms in total. The van der Waals surface area contributed by atoms with E-state index in [1.807, 2.05) is 20.1 Å². The molecule has 2 heterocycles. The zero-order valence-corrected chi connectivity index (χ0v) is 25.5. The molecule has 1 aliphatic heterocycles. The van der Waals surface area contributed by atoms with Gasteiger partial charge in [-0.2, -0.15) is 0 Å². The van der Waals surface area contributed by atoms with Crippen LogP contribution in [0.4, 0.5) is 0 Å². The molecule has 1 aromatic heterocycles. The number of amides is 2. The molecule has 0 radical (unpaired) electrons. The van der Waals surface area contributed by atoms with Gasteiger partial charge in [-0.05, 0) is 54.5 Å². The quantitative estimate of drug-likeness (QED) is 0.192. The van der Waals surface area contributed by atoms with E-state index in [0.29, 0.717) is 25.0 Å². The van der Waals surface area contributed by atoms with Crippen molar-refractivity contribution in [3.05, 3.63) is 77.2 Å². The number of fused-ring (bicyclic) bond motifs is 1. The molecule has 2 unspecified atom stereocenters. The number of aromatic nitrogens is 2. The Hall–Kier alpha value is -3.05. The molecule has 1 aliphatic rings. The van der Waals surface area contributed by atoms with Gasteiger partial charge in [0.15, 0.2) is 8.32 Å². The highest BCUT2D eigenvalue weighted by Gasteiger charge is 2.40. The van der Waals surface area contributed by atoms with Gasteiger partial charge in [0.1, 0.15) is 5.82 Å². The summed E-state index contributed by atoms with van der Waals surface area (Å²) in [6, 6.07) is 15.2. The first-order valence-corrected chi connectivity index (χ1v) is 16.8. The van der Waals surface area contributed by atoms with Crippen molar-refractivity contribution in [3.63, 3.8) is 0 Å². The van der Waals surface area contributed by atoms with E-state index in [-0.39, 0.29) is 41.9 Å². The highest BCUT2D eigenvalue weighted by molar-refractivity contribution is 6.72. The number of imide groups is 1. The second kappa shape index (κ2) is 11.8. The Kier molecular flexibility index (Phi) is 8.84. The monoisotopic (exact) mass is 560 g/mol. The SMILES string of the molecule is CC(CC(C)(C)[Si](C)(C)O)c1nc(-c2ccc(CC(BOCN)CN3C(=O)c4ccccc4C3=O)cc2)cn1C. The first-order chi connectivity index (χ1) is 18.8. The third-order valence-electron chi connectivity index (χ3n) is 8.39. The van der Waals surface area contributed by atoms with Gasteiger partial charge < -0.3 is 19.8 Å². The van der Waals surface area contributed by atoms with Crippen molar-refractivity contribution in [3.8, 4) is 11.3 Å². The first-order valence-electron chi connectivity index (χ1n) is 13.9. The van der Waals surface area contributed by atoms with Crippen LogP contribution in [0.3, 0.4) is 0 Å². The minimum Gasteiger partial charge on any atom is -0.432 e. The number of benzene rings is 2. The summed E-state index contributed by atoms with van der Waals surface area (Å²) in [4.78, 5) is 42.8. The van der Waals surface area contributed by atoms with Gasteiger partial charge in [0.05, 0.1) is 23.6 Å². The molecule has 4 rings (SSSR count). The summed E-state index contributed by atoms with van der Waals surface area (Å²) in [5.41, 5.74) is 9.49. The van der Waals surface area contributed by atoms with Gasteiger partial charge in [0.2, 0.25) is 0 Å². The minimum atomic E-state index is -2.31. The Balaban J connectivity index is 1.46. The summed E-state index contributed by atoms with van der Waals surface area (Å²) in [7, 11) is 0.0516. The average molecular weight is 561 g/mol. The topological polar surface area (TPSA) is 111 Å². The summed E-state index contributed by atoms with van der Waals surface area (Å²) in [6.07, 6.45) is 3.55. The van der Waals surface area contributed by atoms with Gasteiger partial charge in [0, 0.05) is 31.3 Å². The van der Waals surface area contributed by atoms with Gasteiger partial charge in [-0.25, -0.2) is 4.98 Å². The third kappa shape index (κ3) is 6.30. The molecule has 0 aliphatic carbocycles. The van der Waals surface area contributed by atoms with Crippen molar-refractivity contribution < 1.29 is 19.0 Å². The predicted molar refractivity (Wildman–Crippen MR) is 162 cm³/mol. The Morgan fingerprint density at radius 3 is 2.23 bits per heavy atom. The van der Waals surface area contributed by atoms with Crippen LogP contribution in [0.15, 0.2) is 54.7 Å². The average Bonchev–Trinajstić information content (AvgIpc) is 3.40. The number of carbonyl (C=O) groups excluding carboxylic acids is 2. The second-order valence-corrected chi connectivity index (χ2v) is 16.7. The van der Waals surface area contributed by atoms with E-state index < -0.39 is 8.32 Å². The van der Waals surface area contributed by atoms with Gasteiger partial charge in [-0.15, -0.1) is 0 Å². The Bertz CT molecular complexity index is 1330. The van der Waals surface area contributed by atoms with E-state index in [9.17, 15) is 14.4 Å². The molecule has 2 amide bonds. The number of carbonyl (C=O) groups is 2. The van der Waals surface area contributed by atoms with Gasteiger partial charge in [-0.1, -0.05) is 57.2 Å². The van der Waals surface area contributed by atoms with Crippen LogP contribution in [-0.2, 0) is 18.1 Å². The summed E-state index contributed by atoms with van der Waals surface area (Å²) >= 11 is 0. The number of hydrogen-bond acceptors (Lipinski definition) is 6. The van der Waals surface area contributed by atoms with Crippen molar-refractivity contribution in [1.82, 2.24) is 14.5 Å². The summed E-state index contributed by atoms with van der Waals surface area (Å²) in [5, 5.41) is -0.128. The summed E-state index contributed by atoms with van der Waals surface area (Å²) < 4.78 is 7.60. The molecular formula is C30H41BN4O4Si. The lowest BCUT2D eigenvalue weighted by Gasteiger charge is -2.36. The maximum atomic E-state index is 12.9. The Morgan fingerprint density at radius 2 is 1.68 bits per heavy atom. The first kappa shape index (κ1) is 29.9. The highest BCUT2D eigenvalue weighted by atomic mass is 28.4. The van der Waals surface area contributed by atoms with Crippen molar-refractivity contribution in [2.45, 2.75) is 63.5 Å². The van der Waals surface area contributed by atoms with Crippen LogP contribution < -0.4 is 5.73 Å². The van der Waals surface area contributed by atoms with E-state index in [0.717, 1.165) is 29.1 Å². The minimum absolute atomic E-state index is 0.0765. The molecule has 212 valence electrons. The largest absolute Gasteiger partial charge is 0.432 e. The van der Waals surface area contributed by atoms with Crippen LogP contribution >= 0.6 is 0 Å². The van der Waals surface area contributed by atoms with E-state index in [1.165, 1.54) is 4.90 Å². The molecule has 3 N–H and O–H groups in total. The second-order valence-electron chi connectivity index (χ2n) is 12.2. The van der Waals surface area contributed by atoms with Gasteiger partial charge in [-0.3, -0.25) is 14.5 Å². The molecular weight excluding hydrogens is 519 g/mol. The van der Waals surface area contributed by atoms with Crippen molar-refractivity contribution in [1.29, 1.82) is 0 Å². The lowest BCUT2D eigenvalue weighted by Crippen LogP contribution is -2.39. The molecule has 0 fully saturated rings. The van der Waals surface area contributed by atoms with Crippen LogP contribution in [-0.4, -0.2) is 60.1 Å². The van der Waals surface area contributed by atoms with E-state index in [2.05, 4.69) is 55.8 Å². The standard InChI is InChI=1S/C30H41BN4O4Si/c1-20(16-30(2,3)40(5,6)38)27-33-26(18-34(27)4)22-13-11-21(12-14-22)15-23(31-39-19-32)17-35-28(36)24-9-7-8-10-25(24)29(35)37/h7-14,18,20,23,31,38H,15-17,19,32H2,1-6H3. The Morgan fingerprint density at radius 1 is 1.07 bits per heavy atom. The lowest BCUT2D eigenvalue weighted by molar-refractivity contribution is 0.0651. The number of rotatable bonds is 12. The van der Waals surface area contributed by atoms with E-state index >= 15 is 0 Å². The van der Waals surface area contributed by atoms with E-state index in [1.54, 1.807) is 24.3 Å². The highest BCUT2D eigenvalue weighted by Crippen LogP contribution is 2.44. The number of imidazole rings is 1. The van der Waals surface area contributed by atoms with Crippen molar-refractivity contribution in [2.75, 3.05) is 13.3 Å². The van der Waals surface area contributed by atoms with Crippen LogP contribution in [0.5, 0.6) is 0 Å². The molecule has 0 spiro atoms. The maximum Gasteiger partial charge on any atom is 0.281 e. The molecule has 0 saturated heterocycles. The third-order valence-corrected chi connectivity index (χ3v) is 11.9. The smallest absolute Gasteiger partial charge is 0.281 e. The van der Waals surface area contributed by atoms with Crippen LogP contribution in [0.25, 0.3) is 11.3 Å². The molecule has 0 bridgehead atoms. The van der Waals surface area contributed by atoms with Crippen LogP contribution in [0.1, 0.15) is 65.2 Å².